The lowest BCUT2D eigenvalue weighted by Crippen LogP contribution is -2.16. The van der Waals surface area contributed by atoms with E-state index >= 15 is 0 Å². The van der Waals surface area contributed by atoms with E-state index in [4.69, 9.17) is 10.7 Å². The van der Waals surface area contributed by atoms with E-state index in [-0.39, 0.29) is 4.90 Å². The number of aryl methyl sites for hydroxylation is 3. The Labute approximate surface area is 116 Å². The SMILES string of the molecule is CCn1cc(S(=O)(=O)Cl)c(=O)c2cc(C)c(C)cc21. The molecule has 0 amide bonds. The van der Waals surface area contributed by atoms with E-state index in [0.29, 0.717) is 11.9 Å². The molecule has 2 rings (SSSR count). The Morgan fingerprint density at radius 2 is 1.79 bits per heavy atom. The van der Waals surface area contributed by atoms with Gasteiger partial charge in [-0.05, 0) is 44.0 Å². The van der Waals surface area contributed by atoms with E-state index in [0.717, 1.165) is 16.6 Å². The molecule has 0 aliphatic heterocycles. The summed E-state index contributed by atoms with van der Waals surface area (Å²) < 4.78 is 24.7. The quantitative estimate of drug-likeness (QED) is 0.801. The lowest BCUT2D eigenvalue weighted by molar-refractivity contribution is 0.607. The van der Waals surface area contributed by atoms with Crippen LogP contribution >= 0.6 is 10.7 Å². The van der Waals surface area contributed by atoms with Gasteiger partial charge < -0.3 is 4.57 Å². The van der Waals surface area contributed by atoms with Gasteiger partial charge in [-0.2, -0.15) is 0 Å². The maximum Gasteiger partial charge on any atom is 0.266 e. The molecule has 2 aromatic rings. The van der Waals surface area contributed by atoms with Gasteiger partial charge in [0.1, 0.15) is 4.90 Å². The first-order valence-electron chi connectivity index (χ1n) is 5.84. The van der Waals surface area contributed by atoms with Crippen molar-refractivity contribution in [3.8, 4) is 0 Å². The fourth-order valence-corrected chi connectivity index (χ4v) is 2.97. The third-order valence-electron chi connectivity index (χ3n) is 3.27. The Balaban J connectivity index is 3.05. The number of rotatable bonds is 2. The second kappa shape index (κ2) is 4.65. The van der Waals surface area contributed by atoms with Gasteiger partial charge in [0.15, 0.2) is 0 Å². The van der Waals surface area contributed by atoms with E-state index in [1.807, 2.05) is 26.8 Å². The molecular formula is C13H14ClNO3S. The molecule has 0 saturated carbocycles. The molecule has 6 heteroatoms. The maximum atomic E-state index is 12.2. The molecule has 1 aromatic heterocycles. The molecule has 1 aromatic carbocycles. The highest BCUT2D eigenvalue weighted by Crippen LogP contribution is 2.20. The summed E-state index contributed by atoms with van der Waals surface area (Å²) in [7, 11) is 1.28. The zero-order valence-corrected chi connectivity index (χ0v) is 12.5. The number of pyridine rings is 1. The first-order valence-corrected chi connectivity index (χ1v) is 8.15. The van der Waals surface area contributed by atoms with Crippen molar-refractivity contribution in [1.82, 2.24) is 4.57 Å². The predicted octanol–water partition coefficient (Wildman–Crippen LogP) is 2.57. The van der Waals surface area contributed by atoms with Crippen molar-refractivity contribution in [2.75, 3.05) is 0 Å². The van der Waals surface area contributed by atoms with Crippen LogP contribution in [0, 0.1) is 13.8 Å². The molecule has 0 bridgehead atoms. The molecule has 19 heavy (non-hydrogen) atoms. The zero-order valence-electron chi connectivity index (χ0n) is 10.9. The van der Waals surface area contributed by atoms with Gasteiger partial charge >= 0.3 is 0 Å². The molecule has 1 heterocycles. The van der Waals surface area contributed by atoms with Crippen molar-refractivity contribution in [3.05, 3.63) is 39.7 Å². The van der Waals surface area contributed by atoms with Crippen LogP contribution in [-0.4, -0.2) is 13.0 Å². The first-order chi connectivity index (χ1) is 8.75. The third kappa shape index (κ3) is 2.40. The zero-order chi connectivity index (χ0) is 14.4. The topological polar surface area (TPSA) is 56.1 Å². The van der Waals surface area contributed by atoms with Crippen molar-refractivity contribution < 1.29 is 8.42 Å². The van der Waals surface area contributed by atoms with Gasteiger partial charge in [0.25, 0.3) is 9.05 Å². The highest BCUT2D eigenvalue weighted by Gasteiger charge is 2.19. The Morgan fingerprint density at radius 1 is 1.21 bits per heavy atom. The minimum atomic E-state index is -4.04. The lowest BCUT2D eigenvalue weighted by atomic mass is 10.1. The minimum Gasteiger partial charge on any atom is -0.346 e. The van der Waals surface area contributed by atoms with Crippen molar-refractivity contribution in [3.63, 3.8) is 0 Å². The average molecular weight is 300 g/mol. The number of halogens is 1. The number of fused-ring (bicyclic) bond motifs is 1. The summed E-state index contributed by atoms with van der Waals surface area (Å²) in [4.78, 5) is 11.9. The minimum absolute atomic E-state index is 0.369. The summed E-state index contributed by atoms with van der Waals surface area (Å²) in [5.41, 5.74) is 2.17. The van der Waals surface area contributed by atoms with Gasteiger partial charge in [-0.1, -0.05) is 0 Å². The third-order valence-corrected chi connectivity index (χ3v) is 4.58. The molecule has 0 unspecified atom stereocenters. The second-order valence-corrected chi connectivity index (χ2v) is 7.03. The largest absolute Gasteiger partial charge is 0.346 e. The highest BCUT2D eigenvalue weighted by atomic mass is 35.7. The van der Waals surface area contributed by atoms with Crippen molar-refractivity contribution in [2.45, 2.75) is 32.2 Å². The summed E-state index contributed by atoms with van der Waals surface area (Å²) in [6.45, 7) is 6.26. The molecule has 0 radical (unpaired) electrons. The molecule has 0 saturated heterocycles. The van der Waals surface area contributed by atoms with E-state index in [2.05, 4.69) is 0 Å². The summed E-state index contributed by atoms with van der Waals surface area (Å²) >= 11 is 0. The van der Waals surface area contributed by atoms with E-state index < -0.39 is 14.5 Å². The average Bonchev–Trinajstić information content (AvgIpc) is 2.31. The van der Waals surface area contributed by atoms with Crippen molar-refractivity contribution in [1.29, 1.82) is 0 Å². The van der Waals surface area contributed by atoms with E-state index in [1.165, 1.54) is 6.20 Å². The molecule has 102 valence electrons. The van der Waals surface area contributed by atoms with Gasteiger partial charge in [0, 0.05) is 28.8 Å². The fourth-order valence-electron chi connectivity index (χ4n) is 2.06. The van der Waals surface area contributed by atoms with E-state index in [1.54, 1.807) is 10.6 Å². The van der Waals surface area contributed by atoms with Crippen LogP contribution in [0.1, 0.15) is 18.1 Å². The first kappa shape index (κ1) is 14.1. The molecule has 4 nitrogen and oxygen atoms in total. The van der Waals surface area contributed by atoms with Gasteiger partial charge in [0.2, 0.25) is 5.43 Å². The normalized spacial score (nSPS) is 12.0. The van der Waals surface area contributed by atoms with Gasteiger partial charge in [0.05, 0.1) is 5.52 Å². The smallest absolute Gasteiger partial charge is 0.266 e. The van der Waals surface area contributed by atoms with Crippen LogP contribution in [0.3, 0.4) is 0 Å². The Morgan fingerprint density at radius 3 is 2.32 bits per heavy atom. The number of nitrogens with zero attached hydrogens (tertiary/aromatic N) is 1. The molecule has 0 aliphatic rings. The monoisotopic (exact) mass is 299 g/mol. The number of aromatic nitrogens is 1. The predicted molar refractivity (Wildman–Crippen MR) is 76.4 cm³/mol. The van der Waals surface area contributed by atoms with Crippen LogP contribution in [0.25, 0.3) is 10.9 Å². The molecule has 0 aliphatic carbocycles. The van der Waals surface area contributed by atoms with Crippen molar-refractivity contribution in [2.24, 2.45) is 0 Å². The summed E-state index contributed by atoms with van der Waals surface area (Å²) in [6, 6.07) is 3.60. The summed E-state index contributed by atoms with van der Waals surface area (Å²) in [5.74, 6) is 0. The standard InChI is InChI=1S/C13H14ClNO3S/c1-4-15-7-12(19(14,17)18)13(16)10-5-8(2)9(3)6-11(10)15/h5-7H,4H2,1-3H3. The van der Waals surface area contributed by atoms with Crippen LogP contribution in [0.15, 0.2) is 28.0 Å². The Hall–Kier alpha value is -1.33. The molecule has 0 N–H and O–H groups in total. The summed E-state index contributed by atoms with van der Waals surface area (Å²) in [5, 5.41) is 0.381. The van der Waals surface area contributed by atoms with E-state index in [9.17, 15) is 13.2 Å². The van der Waals surface area contributed by atoms with Crippen molar-refractivity contribution >= 4 is 30.6 Å². The number of hydrogen-bond acceptors (Lipinski definition) is 3. The number of benzene rings is 1. The van der Waals surface area contributed by atoms with Crippen LogP contribution < -0.4 is 5.43 Å². The summed E-state index contributed by atoms with van der Waals surface area (Å²) in [6.07, 6.45) is 1.31. The number of hydrogen-bond donors (Lipinski definition) is 0. The fraction of sp³-hybridized carbons (Fsp3) is 0.308. The van der Waals surface area contributed by atoms with Crippen LogP contribution in [0.5, 0.6) is 0 Å². The maximum absolute atomic E-state index is 12.2. The second-order valence-electron chi connectivity index (χ2n) is 4.50. The van der Waals surface area contributed by atoms with Crippen LogP contribution in [-0.2, 0) is 15.6 Å². The Bertz CT molecular complexity index is 822. The molecular weight excluding hydrogens is 286 g/mol. The lowest BCUT2D eigenvalue weighted by Gasteiger charge is -2.12. The molecule has 0 atom stereocenters. The van der Waals surface area contributed by atoms with Gasteiger partial charge in [-0.25, -0.2) is 8.42 Å². The van der Waals surface area contributed by atoms with Crippen LogP contribution in [0.4, 0.5) is 0 Å². The molecule has 0 spiro atoms. The van der Waals surface area contributed by atoms with Gasteiger partial charge in [-0.3, -0.25) is 4.79 Å². The van der Waals surface area contributed by atoms with Gasteiger partial charge in [-0.15, -0.1) is 0 Å². The molecule has 0 fully saturated rings. The highest BCUT2D eigenvalue weighted by molar-refractivity contribution is 8.13. The van der Waals surface area contributed by atoms with Crippen LogP contribution in [0.2, 0.25) is 0 Å². The Kier molecular flexibility index (Phi) is 3.45.